The van der Waals surface area contributed by atoms with Crippen LogP contribution in [-0.2, 0) is 4.74 Å². The molecule has 1 aliphatic heterocycles. The van der Waals surface area contributed by atoms with Gasteiger partial charge in [-0.3, -0.25) is 9.69 Å². The van der Waals surface area contributed by atoms with Crippen LogP contribution in [0.1, 0.15) is 28.9 Å². The van der Waals surface area contributed by atoms with Crippen LogP contribution in [0, 0.1) is 5.82 Å². The summed E-state index contributed by atoms with van der Waals surface area (Å²) in [4.78, 5) is 13.4. The number of hydrogen-bond donors (Lipinski definition) is 1. The number of morpholine rings is 1. The smallest absolute Gasteiger partial charge is 0.159 e. The van der Waals surface area contributed by atoms with E-state index >= 15 is 0 Å². The van der Waals surface area contributed by atoms with E-state index in [-0.39, 0.29) is 24.3 Å². The van der Waals surface area contributed by atoms with E-state index in [0.29, 0.717) is 37.6 Å². The summed E-state index contributed by atoms with van der Waals surface area (Å²) in [5.74, 6) is 0.331. The van der Waals surface area contributed by atoms with Crippen LogP contribution >= 0.6 is 0 Å². The summed E-state index contributed by atoms with van der Waals surface area (Å²) in [6, 6.07) is 13.3. The number of ketones is 1. The number of benzene rings is 2. The number of rotatable bonds is 7. The molecule has 6 heteroatoms. The first-order valence-electron chi connectivity index (χ1n) is 9.02. The van der Waals surface area contributed by atoms with E-state index in [1.165, 1.54) is 19.1 Å². The van der Waals surface area contributed by atoms with Crippen LogP contribution in [0.4, 0.5) is 4.39 Å². The Hall–Kier alpha value is -2.28. The van der Waals surface area contributed by atoms with Crippen molar-refractivity contribution < 1.29 is 23.8 Å². The molecule has 1 fully saturated rings. The molecule has 2 aromatic rings. The summed E-state index contributed by atoms with van der Waals surface area (Å²) in [7, 11) is 0. The molecule has 0 spiro atoms. The molecule has 0 saturated carbocycles. The molecule has 144 valence electrons. The van der Waals surface area contributed by atoms with Crippen molar-refractivity contribution in [1.82, 2.24) is 4.90 Å². The lowest BCUT2D eigenvalue weighted by Crippen LogP contribution is -2.43. The zero-order valence-electron chi connectivity index (χ0n) is 15.3. The summed E-state index contributed by atoms with van der Waals surface area (Å²) in [6.45, 7) is 3.94. The maximum Gasteiger partial charge on any atom is 0.159 e. The number of carbonyl (C=O) groups excluding carboxylic acids is 1. The predicted molar refractivity (Wildman–Crippen MR) is 99.5 cm³/mol. The summed E-state index contributed by atoms with van der Waals surface area (Å²) >= 11 is 0. The quantitative estimate of drug-likeness (QED) is 0.757. The first-order chi connectivity index (χ1) is 13.0. The highest BCUT2D eigenvalue weighted by Crippen LogP contribution is 2.23. The topological polar surface area (TPSA) is 59.0 Å². The fourth-order valence-electron chi connectivity index (χ4n) is 3.11. The molecule has 1 aliphatic rings. The average molecular weight is 373 g/mol. The van der Waals surface area contributed by atoms with Gasteiger partial charge in [0.2, 0.25) is 0 Å². The average Bonchev–Trinajstić information content (AvgIpc) is 2.67. The van der Waals surface area contributed by atoms with Gasteiger partial charge in [-0.25, -0.2) is 4.39 Å². The molecule has 3 rings (SSSR count). The van der Waals surface area contributed by atoms with Crippen LogP contribution in [-0.4, -0.2) is 54.7 Å². The van der Waals surface area contributed by atoms with Crippen molar-refractivity contribution in [3.63, 3.8) is 0 Å². The first-order valence-corrected chi connectivity index (χ1v) is 9.02. The highest BCUT2D eigenvalue weighted by molar-refractivity contribution is 5.94. The van der Waals surface area contributed by atoms with Gasteiger partial charge in [-0.2, -0.15) is 0 Å². The van der Waals surface area contributed by atoms with Gasteiger partial charge < -0.3 is 14.6 Å². The second kappa shape index (κ2) is 9.08. The van der Waals surface area contributed by atoms with Crippen LogP contribution in [0.2, 0.25) is 0 Å². The molecular weight excluding hydrogens is 349 g/mol. The van der Waals surface area contributed by atoms with Crippen LogP contribution in [0.3, 0.4) is 0 Å². The largest absolute Gasteiger partial charge is 0.491 e. The third-order valence-corrected chi connectivity index (χ3v) is 4.54. The van der Waals surface area contributed by atoms with Crippen LogP contribution < -0.4 is 4.74 Å². The number of ether oxygens (including phenoxy) is 2. The maximum absolute atomic E-state index is 13.4. The van der Waals surface area contributed by atoms with Gasteiger partial charge in [0.1, 0.15) is 24.3 Å². The minimum Gasteiger partial charge on any atom is -0.491 e. The van der Waals surface area contributed by atoms with Gasteiger partial charge >= 0.3 is 0 Å². The van der Waals surface area contributed by atoms with Gasteiger partial charge in [-0.15, -0.1) is 0 Å². The Labute approximate surface area is 158 Å². The van der Waals surface area contributed by atoms with E-state index in [1.54, 1.807) is 30.3 Å². The number of aliphatic hydroxyl groups excluding tert-OH is 1. The molecule has 1 N–H and O–H groups in total. The lowest BCUT2D eigenvalue weighted by atomic mass is 10.1. The number of nitrogens with zero attached hydrogens (tertiary/aromatic N) is 1. The maximum atomic E-state index is 13.4. The zero-order chi connectivity index (χ0) is 19.2. The Balaban J connectivity index is 1.48. The second-order valence-electron chi connectivity index (χ2n) is 6.72. The molecule has 2 unspecified atom stereocenters. The van der Waals surface area contributed by atoms with E-state index < -0.39 is 6.10 Å². The summed E-state index contributed by atoms with van der Waals surface area (Å²) in [6.07, 6.45) is -0.870. The lowest BCUT2D eigenvalue weighted by Gasteiger charge is -2.34. The molecule has 2 aromatic carbocycles. The van der Waals surface area contributed by atoms with E-state index in [0.717, 1.165) is 5.56 Å². The molecule has 0 radical (unpaired) electrons. The third-order valence-electron chi connectivity index (χ3n) is 4.54. The molecule has 0 bridgehead atoms. The van der Waals surface area contributed by atoms with Crippen LogP contribution in [0.25, 0.3) is 0 Å². The molecule has 1 saturated heterocycles. The monoisotopic (exact) mass is 373 g/mol. The molecule has 2 atom stereocenters. The van der Waals surface area contributed by atoms with Gasteiger partial charge in [-0.1, -0.05) is 12.1 Å². The molecule has 0 aliphatic carbocycles. The van der Waals surface area contributed by atoms with Gasteiger partial charge in [0, 0.05) is 25.2 Å². The molecular formula is C21H24FNO4. The van der Waals surface area contributed by atoms with Crippen molar-refractivity contribution >= 4 is 5.78 Å². The van der Waals surface area contributed by atoms with Crippen molar-refractivity contribution in [2.45, 2.75) is 19.1 Å². The van der Waals surface area contributed by atoms with Crippen molar-refractivity contribution in [3.8, 4) is 5.75 Å². The predicted octanol–water partition coefficient (Wildman–Crippen LogP) is 2.84. The van der Waals surface area contributed by atoms with Gasteiger partial charge in [0.15, 0.2) is 5.78 Å². The summed E-state index contributed by atoms with van der Waals surface area (Å²) in [5, 5.41) is 10.3. The fraction of sp³-hybridized carbons (Fsp3) is 0.381. The standard InChI is InChI=1S/C21H24FNO4/c1-15(24)16-5-7-20(8-6-16)27-14-19(25)12-23-9-10-26-21(13-23)17-3-2-4-18(22)11-17/h2-8,11,19,21,25H,9-10,12-14H2,1H3. The second-order valence-corrected chi connectivity index (χ2v) is 6.72. The number of Topliss-reactive ketones (excluding diaryl/α,β-unsaturated/α-hetero) is 1. The molecule has 1 heterocycles. The Bertz CT molecular complexity index is 765. The number of β-amino-alcohol motifs (C(OH)–C–C–N with tert-alkyl or cyclic N) is 1. The molecule has 0 amide bonds. The minimum atomic E-state index is -0.663. The van der Waals surface area contributed by atoms with Crippen LogP contribution in [0.15, 0.2) is 48.5 Å². The zero-order valence-corrected chi connectivity index (χ0v) is 15.3. The van der Waals surface area contributed by atoms with Gasteiger partial charge in [0.25, 0.3) is 0 Å². The Morgan fingerprint density at radius 3 is 2.81 bits per heavy atom. The van der Waals surface area contributed by atoms with Crippen molar-refractivity contribution in [1.29, 1.82) is 0 Å². The normalized spacial score (nSPS) is 18.9. The Morgan fingerprint density at radius 2 is 2.11 bits per heavy atom. The fourth-order valence-corrected chi connectivity index (χ4v) is 3.11. The number of halogens is 1. The van der Waals surface area contributed by atoms with E-state index in [2.05, 4.69) is 4.90 Å². The van der Waals surface area contributed by atoms with Crippen molar-refractivity contribution in [2.24, 2.45) is 0 Å². The van der Waals surface area contributed by atoms with E-state index in [1.807, 2.05) is 6.07 Å². The third kappa shape index (κ3) is 5.60. The summed E-state index contributed by atoms with van der Waals surface area (Å²) < 4.78 is 24.8. The van der Waals surface area contributed by atoms with E-state index in [4.69, 9.17) is 9.47 Å². The van der Waals surface area contributed by atoms with Crippen LogP contribution in [0.5, 0.6) is 5.75 Å². The lowest BCUT2D eigenvalue weighted by molar-refractivity contribution is -0.0460. The molecule has 27 heavy (non-hydrogen) atoms. The molecule has 5 nitrogen and oxygen atoms in total. The highest BCUT2D eigenvalue weighted by atomic mass is 19.1. The number of aliphatic hydroxyl groups is 1. The van der Waals surface area contributed by atoms with Gasteiger partial charge in [-0.05, 0) is 48.9 Å². The Kier molecular flexibility index (Phi) is 6.55. The van der Waals surface area contributed by atoms with E-state index in [9.17, 15) is 14.3 Å². The Morgan fingerprint density at radius 1 is 1.33 bits per heavy atom. The van der Waals surface area contributed by atoms with Crippen molar-refractivity contribution in [2.75, 3.05) is 32.8 Å². The number of hydrogen-bond acceptors (Lipinski definition) is 5. The van der Waals surface area contributed by atoms with Gasteiger partial charge in [0.05, 0.1) is 12.7 Å². The SMILES string of the molecule is CC(=O)c1ccc(OCC(O)CN2CCOC(c3cccc(F)c3)C2)cc1. The summed E-state index contributed by atoms with van der Waals surface area (Å²) in [5.41, 5.74) is 1.43. The highest BCUT2D eigenvalue weighted by Gasteiger charge is 2.24. The first kappa shape index (κ1) is 19.5. The minimum absolute atomic E-state index is 0.00162. The number of carbonyl (C=O) groups is 1. The van der Waals surface area contributed by atoms with Crippen molar-refractivity contribution in [3.05, 3.63) is 65.5 Å². The molecule has 0 aromatic heterocycles.